The van der Waals surface area contributed by atoms with Gasteiger partial charge in [-0.3, -0.25) is 19.4 Å². The largest absolute Gasteiger partial charge is 0.357 e. The zero-order valence-corrected chi connectivity index (χ0v) is 23.4. The summed E-state index contributed by atoms with van der Waals surface area (Å²) in [4.78, 5) is 33.5. The predicted octanol–water partition coefficient (Wildman–Crippen LogP) is 5.90. The molecule has 37 heavy (non-hydrogen) atoms. The third-order valence-corrected chi connectivity index (χ3v) is 8.22. The van der Waals surface area contributed by atoms with E-state index in [1.807, 2.05) is 12.1 Å². The molecule has 196 valence electrons. The number of fused-ring (bicyclic) bond motifs is 1. The second-order valence-electron chi connectivity index (χ2n) is 11.3. The fourth-order valence-electron chi connectivity index (χ4n) is 5.82. The van der Waals surface area contributed by atoms with Crippen LogP contribution in [0.25, 0.3) is 0 Å². The van der Waals surface area contributed by atoms with Crippen molar-refractivity contribution in [2.24, 2.45) is 5.41 Å². The minimum Gasteiger partial charge on any atom is -0.357 e. The first kappa shape index (κ1) is 26.2. The first-order valence-electron chi connectivity index (χ1n) is 12.8. The summed E-state index contributed by atoms with van der Waals surface area (Å²) in [5.74, 6) is -0.122. The average Bonchev–Trinajstić information content (AvgIpc) is 2.93. The van der Waals surface area contributed by atoms with Gasteiger partial charge in [-0.1, -0.05) is 49.2 Å². The Morgan fingerprint density at radius 1 is 1.05 bits per heavy atom. The molecule has 1 N–H and O–H groups in total. The molecule has 3 aliphatic rings. The number of benzene rings is 2. The van der Waals surface area contributed by atoms with Gasteiger partial charge in [-0.15, -0.1) is 0 Å². The molecule has 8 heteroatoms. The number of nitrogens with zero attached hydrogens (tertiary/aromatic N) is 3. The zero-order valence-electron chi connectivity index (χ0n) is 21.9. The van der Waals surface area contributed by atoms with Crippen LogP contribution in [0.2, 0.25) is 10.0 Å². The third kappa shape index (κ3) is 5.30. The third-order valence-electron chi connectivity index (χ3n) is 7.66. The van der Waals surface area contributed by atoms with Gasteiger partial charge in [-0.25, -0.2) is 0 Å². The van der Waals surface area contributed by atoms with Gasteiger partial charge in [0.2, 0.25) is 5.91 Å². The standard InChI is InChI=1S/C29H34Cl2N4O2/c1-18(36)35-25-8-5-19(17-34-11-9-33(4)10-12-34)13-23(25)32-24-15-29(2,3)16-26(37)27(24)28(35)21-7-6-20(30)14-22(21)31/h5-8,13-14,28,32H,9-12,15-17H2,1-4H3. The molecule has 5 rings (SSSR count). The van der Waals surface area contributed by atoms with Gasteiger partial charge >= 0.3 is 0 Å². The summed E-state index contributed by atoms with van der Waals surface area (Å²) in [6, 6.07) is 10.8. The van der Waals surface area contributed by atoms with Gasteiger partial charge in [-0.05, 0) is 54.3 Å². The summed E-state index contributed by atoms with van der Waals surface area (Å²) in [5.41, 5.74) is 4.72. The highest BCUT2D eigenvalue weighted by Crippen LogP contribution is 2.49. The van der Waals surface area contributed by atoms with E-state index < -0.39 is 6.04 Å². The van der Waals surface area contributed by atoms with Crippen LogP contribution in [0.4, 0.5) is 11.4 Å². The Hall–Kier alpha value is -2.38. The van der Waals surface area contributed by atoms with Gasteiger partial charge < -0.3 is 10.2 Å². The van der Waals surface area contributed by atoms with Crippen molar-refractivity contribution in [2.75, 3.05) is 43.4 Å². The molecule has 0 spiro atoms. The predicted molar refractivity (Wildman–Crippen MR) is 150 cm³/mol. The number of likely N-dealkylation sites (N-methyl/N-ethyl adjacent to an activating group) is 1. The van der Waals surface area contributed by atoms with Crippen LogP contribution in [-0.2, 0) is 16.1 Å². The number of anilines is 2. The van der Waals surface area contributed by atoms with Gasteiger partial charge in [0, 0.05) is 67.4 Å². The second kappa shape index (κ2) is 10.1. The first-order chi connectivity index (χ1) is 17.5. The van der Waals surface area contributed by atoms with Crippen molar-refractivity contribution in [3.8, 4) is 0 Å². The van der Waals surface area contributed by atoms with Gasteiger partial charge in [-0.2, -0.15) is 0 Å². The molecule has 1 amide bonds. The summed E-state index contributed by atoms with van der Waals surface area (Å²) in [6.45, 7) is 10.8. The molecule has 1 aliphatic carbocycles. The van der Waals surface area contributed by atoms with Crippen molar-refractivity contribution in [1.82, 2.24) is 9.80 Å². The smallest absolute Gasteiger partial charge is 0.224 e. The van der Waals surface area contributed by atoms with Crippen molar-refractivity contribution < 1.29 is 9.59 Å². The van der Waals surface area contributed by atoms with E-state index >= 15 is 0 Å². The summed E-state index contributed by atoms with van der Waals surface area (Å²) in [6.07, 6.45) is 1.11. The molecular weight excluding hydrogens is 507 g/mol. The Labute approximate surface area is 229 Å². The molecule has 2 heterocycles. The van der Waals surface area contributed by atoms with E-state index in [1.54, 1.807) is 24.0 Å². The van der Waals surface area contributed by atoms with Crippen LogP contribution in [0.3, 0.4) is 0 Å². The highest BCUT2D eigenvalue weighted by molar-refractivity contribution is 6.35. The normalized spacial score (nSPS) is 22.3. The topological polar surface area (TPSA) is 55.9 Å². The van der Waals surface area contributed by atoms with Crippen LogP contribution in [0.15, 0.2) is 47.7 Å². The van der Waals surface area contributed by atoms with Crippen molar-refractivity contribution >= 4 is 46.3 Å². The van der Waals surface area contributed by atoms with E-state index in [1.165, 1.54) is 5.56 Å². The number of carbonyl (C=O) groups is 2. The Morgan fingerprint density at radius 3 is 2.46 bits per heavy atom. The lowest BCUT2D eigenvalue weighted by atomic mass is 9.73. The van der Waals surface area contributed by atoms with Gasteiger partial charge in [0.15, 0.2) is 5.78 Å². The number of allylic oxidation sites excluding steroid dienone is 1. The number of carbonyl (C=O) groups excluding carboxylic acids is 2. The highest BCUT2D eigenvalue weighted by Gasteiger charge is 2.43. The van der Waals surface area contributed by atoms with Crippen LogP contribution in [0.1, 0.15) is 50.8 Å². The Balaban J connectivity index is 1.64. The molecule has 2 aromatic rings. The molecule has 2 aromatic carbocycles. The fraction of sp³-hybridized carbons (Fsp3) is 0.448. The monoisotopic (exact) mass is 540 g/mol. The first-order valence-corrected chi connectivity index (χ1v) is 13.6. The van der Waals surface area contributed by atoms with Crippen molar-refractivity contribution in [3.63, 3.8) is 0 Å². The van der Waals surface area contributed by atoms with E-state index in [0.717, 1.165) is 49.8 Å². The lowest BCUT2D eigenvalue weighted by molar-refractivity contribution is -0.118. The number of rotatable bonds is 3. The number of hydrogen-bond donors (Lipinski definition) is 1. The number of nitrogens with one attached hydrogen (secondary N) is 1. The van der Waals surface area contributed by atoms with Crippen molar-refractivity contribution in [1.29, 1.82) is 0 Å². The highest BCUT2D eigenvalue weighted by atomic mass is 35.5. The Kier molecular flexibility index (Phi) is 7.14. The van der Waals surface area contributed by atoms with E-state index in [2.05, 4.69) is 48.1 Å². The molecule has 2 aliphatic heterocycles. The van der Waals surface area contributed by atoms with Gasteiger partial charge in [0.05, 0.1) is 17.4 Å². The number of ketones is 1. The maximum Gasteiger partial charge on any atom is 0.224 e. The lowest BCUT2D eigenvalue weighted by Gasteiger charge is -2.37. The van der Waals surface area contributed by atoms with E-state index in [-0.39, 0.29) is 17.1 Å². The van der Waals surface area contributed by atoms with E-state index in [9.17, 15) is 9.59 Å². The van der Waals surface area contributed by atoms with Gasteiger partial charge in [0.1, 0.15) is 0 Å². The molecule has 0 aromatic heterocycles. The van der Waals surface area contributed by atoms with Crippen molar-refractivity contribution in [2.45, 2.75) is 46.2 Å². The second-order valence-corrected chi connectivity index (χ2v) is 12.2. The molecule has 1 unspecified atom stereocenters. The fourth-order valence-corrected chi connectivity index (χ4v) is 6.33. The molecule has 1 saturated heterocycles. The SMILES string of the molecule is CC(=O)N1c2ccc(CN3CCN(C)CC3)cc2NC2=C(C(=O)CC(C)(C)C2)C1c1ccc(Cl)cc1Cl. The number of amides is 1. The summed E-state index contributed by atoms with van der Waals surface area (Å²) in [5, 5.41) is 4.56. The molecule has 1 atom stereocenters. The van der Waals surface area contributed by atoms with E-state index in [0.29, 0.717) is 34.0 Å². The number of hydrogen-bond acceptors (Lipinski definition) is 5. The molecule has 0 bridgehead atoms. The molecular formula is C29H34Cl2N4O2. The van der Waals surface area contributed by atoms with Crippen LogP contribution >= 0.6 is 23.2 Å². The minimum atomic E-state index is -0.641. The summed E-state index contributed by atoms with van der Waals surface area (Å²) >= 11 is 12.9. The van der Waals surface area contributed by atoms with E-state index in [4.69, 9.17) is 23.2 Å². The lowest BCUT2D eigenvalue weighted by Crippen LogP contribution is -2.43. The zero-order chi connectivity index (χ0) is 26.5. The van der Waals surface area contributed by atoms with Crippen LogP contribution < -0.4 is 10.2 Å². The van der Waals surface area contributed by atoms with Crippen LogP contribution in [0.5, 0.6) is 0 Å². The van der Waals surface area contributed by atoms with Crippen molar-refractivity contribution in [3.05, 3.63) is 68.8 Å². The Morgan fingerprint density at radius 2 is 1.78 bits per heavy atom. The molecule has 0 saturated carbocycles. The maximum absolute atomic E-state index is 13.7. The summed E-state index contributed by atoms with van der Waals surface area (Å²) in [7, 11) is 2.15. The maximum atomic E-state index is 13.7. The molecule has 1 fully saturated rings. The Bertz CT molecular complexity index is 1280. The van der Waals surface area contributed by atoms with Crippen LogP contribution in [0, 0.1) is 5.41 Å². The van der Waals surface area contributed by atoms with Gasteiger partial charge in [0.25, 0.3) is 0 Å². The minimum absolute atomic E-state index is 0.0338. The quantitative estimate of drug-likeness (QED) is 0.524. The number of piperazine rings is 1. The number of halogens is 2. The average molecular weight is 542 g/mol. The molecule has 0 radical (unpaired) electrons. The number of Topliss-reactive ketones (excluding diaryl/α,β-unsaturated/α-hetero) is 1. The van der Waals surface area contributed by atoms with Crippen LogP contribution in [-0.4, -0.2) is 54.7 Å². The molecule has 6 nitrogen and oxygen atoms in total. The summed E-state index contributed by atoms with van der Waals surface area (Å²) < 4.78 is 0.